The molecule has 1 rings (SSSR count). The molecule has 0 aromatic carbocycles. The molecule has 0 spiro atoms. The van der Waals surface area contributed by atoms with Crippen molar-refractivity contribution in [3.8, 4) is 0 Å². The molecule has 3 heteroatoms. The maximum absolute atomic E-state index is 9.82. The molecule has 1 aliphatic rings. The summed E-state index contributed by atoms with van der Waals surface area (Å²) in [5, 5.41) is 13.4. The van der Waals surface area contributed by atoms with Crippen molar-refractivity contribution >= 4 is 0 Å². The van der Waals surface area contributed by atoms with Crippen LogP contribution in [0.3, 0.4) is 0 Å². The van der Waals surface area contributed by atoms with Crippen molar-refractivity contribution in [2.24, 2.45) is 5.92 Å². The van der Waals surface area contributed by atoms with Gasteiger partial charge < -0.3 is 15.3 Å². The third kappa shape index (κ3) is 4.44. The van der Waals surface area contributed by atoms with Gasteiger partial charge in [0.2, 0.25) is 0 Å². The zero-order chi connectivity index (χ0) is 14.3. The van der Waals surface area contributed by atoms with Gasteiger partial charge in [-0.15, -0.1) is 0 Å². The molecule has 3 nitrogen and oxygen atoms in total. The number of rotatable bonds is 9. The van der Waals surface area contributed by atoms with Gasteiger partial charge >= 0.3 is 0 Å². The maximum atomic E-state index is 9.82. The standard InChI is InChI=1S/C16H34N2O/c1-5-11-18(14(3)4)12-9-15-8-7-10-16(15,13-19)17-6-2/h14-15,17,19H,5-13H2,1-4H3. The van der Waals surface area contributed by atoms with Crippen molar-refractivity contribution in [3.05, 3.63) is 0 Å². The second kappa shape index (κ2) is 8.23. The summed E-state index contributed by atoms with van der Waals surface area (Å²) in [5.74, 6) is 0.635. The molecule has 1 saturated carbocycles. The van der Waals surface area contributed by atoms with E-state index in [0.717, 1.165) is 13.0 Å². The molecule has 0 aromatic rings. The van der Waals surface area contributed by atoms with Crippen LogP contribution >= 0.6 is 0 Å². The molecular formula is C16H34N2O. The van der Waals surface area contributed by atoms with Crippen LogP contribution in [0, 0.1) is 5.92 Å². The Morgan fingerprint density at radius 2 is 2.05 bits per heavy atom. The second-order valence-corrected chi connectivity index (χ2v) is 6.35. The van der Waals surface area contributed by atoms with Crippen LogP contribution in [0.1, 0.15) is 59.8 Å². The van der Waals surface area contributed by atoms with Gasteiger partial charge in [-0.25, -0.2) is 0 Å². The van der Waals surface area contributed by atoms with E-state index < -0.39 is 0 Å². The Kier molecular flexibility index (Phi) is 7.33. The number of hydrogen-bond donors (Lipinski definition) is 2. The van der Waals surface area contributed by atoms with E-state index in [9.17, 15) is 5.11 Å². The van der Waals surface area contributed by atoms with Gasteiger partial charge in [0.15, 0.2) is 0 Å². The first-order valence-corrected chi connectivity index (χ1v) is 8.19. The molecule has 0 saturated heterocycles. The zero-order valence-corrected chi connectivity index (χ0v) is 13.4. The number of nitrogens with zero attached hydrogens (tertiary/aromatic N) is 1. The van der Waals surface area contributed by atoms with Crippen molar-refractivity contribution in [2.75, 3.05) is 26.2 Å². The third-order valence-electron chi connectivity index (χ3n) is 4.77. The highest BCUT2D eigenvalue weighted by Gasteiger charge is 2.41. The fraction of sp³-hybridized carbons (Fsp3) is 1.00. The van der Waals surface area contributed by atoms with Gasteiger partial charge in [-0.05, 0) is 65.1 Å². The minimum atomic E-state index is 0.00359. The number of hydrogen-bond acceptors (Lipinski definition) is 3. The van der Waals surface area contributed by atoms with Crippen molar-refractivity contribution in [2.45, 2.75) is 71.4 Å². The number of likely N-dealkylation sites (N-methyl/N-ethyl adjacent to an activating group) is 1. The van der Waals surface area contributed by atoms with Crippen molar-refractivity contribution < 1.29 is 5.11 Å². The first-order valence-electron chi connectivity index (χ1n) is 8.19. The van der Waals surface area contributed by atoms with Crippen LogP contribution in [0.25, 0.3) is 0 Å². The topological polar surface area (TPSA) is 35.5 Å². The summed E-state index contributed by atoms with van der Waals surface area (Å²) in [6.45, 7) is 12.6. The van der Waals surface area contributed by atoms with E-state index in [0.29, 0.717) is 18.6 Å². The number of aliphatic hydroxyl groups excluding tert-OH is 1. The van der Waals surface area contributed by atoms with Crippen molar-refractivity contribution in [1.29, 1.82) is 0 Å². The SMILES string of the molecule is CCCN(CCC1CCCC1(CO)NCC)C(C)C. The highest BCUT2D eigenvalue weighted by Crippen LogP contribution is 2.37. The summed E-state index contributed by atoms with van der Waals surface area (Å²) in [5.41, 5.74) is 0.00359. The van der Waals surface area contributed by atoms with Gasteiger partial charge in [0, 0.05) is 11.6 Å². The Balaban J connectivity index is 2.54. The van der Waals surface area contributed by atoms with Gasteiger partial charge in [0.05, 0.1) is 6.61 Å². The zero-order valence-electron chi connectivity index (χ0n) is 13.4. The maximum Gasteiger partial charge on any atom is 0.0616 e. The summed E-state index contributed by atoms with van der Waals surface area (Å²) >= 11 is 0. The van der Waals surface area contributed by atoms with Gasteiger partial charge in [-0.3, -0.25) is 0 Å². The van der Waals surface area contributed by atoms with Crippen LogP contribution in [0.2, 0.25) is 0 Å². The Hall–Kier alpha value is -0.120. The Labute approximate surface area is 119 Å². The first-order chi connectivity index (χ1) is 9.09. The lowest BCUT2D eigenvalue weighted by Gasteiger charge is -2.36. The Morgan fingerprint density at radius 1 is 1.32 bits per heavy atom. The Morgan fingerprint density at radius 3 is 2.58 bits per heavy atom. The lowest BCUT2D eigenvalue weighted by Crippen LogP contribution is -2.52. The summed E-state index contributed by atoms with van der Waals surface area (Å²) < 4.78 is 0. The van der Waals surface area contributed by atoms with E-state index in [1.807, 2.05) is 0 Å². The van der Waals surface area contributed by atoms with Crippen LogP contribution in [0.4, 0.5) is 0 Å². The molecule has 2 unspecified atom stereocenters. The molecule has 2 N–H and O–H groups in total. The largest absolute Gasteiger partial charge is 0.394 e. The van der Waals surface area contributed by atoms with E-state index in [-0.39, 0.29) is 5.54 Å². The summed E-state index contributed by atoms with van der Waals surface area (Å²) in [7, 11) is 0. The highest BCUT2D eigenvalue weighted by atomic mass is 16.3. The molecule has 0 aromatic heterocycles. The average Bonchev–Trinajstić information content (AvgIpc) is 2.78. The van der Waals surface area contributed by atoms with E-state index in [4.69, 9.17) is 0 Å². The number of nitrogens with one attached hydrogen (secondary N) is 1. The van der Waals surface area contributed by atoms with Crippen LogP contribution in [0.15, 0.2) is 0 Å². The molecule has 0 radical (unpaired) electrons. The van der Waals surface area contributed by atoms with Gasteiger partial charge in [-0.1, -0.05) is 20.3 Å². The fourth-order valence-corrected chi connectivity index (χ4v) is 3.65. The smallest absolute Gasteiger partial charge is 0.0616 e. The summed E-state index contributed by atoms with van der Waals surface area (Å²) in [4.78, 5) is 2.58. The first kappa shape index (κ1) is 16.9. The third-order valence-corrected chi connectivity index (χ3v) is 4.77. The lowest BCUT2D eigenvalue weighted by molar-refractivity contribution is 0.108. The second-order valence-electron chi connectivity index (χ2n) is 6.35. The molecule has 0 aliphatic heterocycles. The predicted octanol–water partition coefficient (Wildman–Crippen LogP) is 2.64. The normalized spacial score (nSPS) is 27.6. The van der Waals surface area contributed by atoms with E-state index in [2.05, 4.69) is 37.9 Å². The number of aliphatic hydroxyl groups is 1. The predicted molar refractivity (Wildman–Crippen MR) is 82.5 cm³/mol. The van der Waals surface area contributed by atoms with Gasteiger partial charge in [0.25, 0.3) is 0 Å². The Bertz CT molecular complexity index is 245. The van der Waals surface area contributed by atoms with Gasteiger partial charge in [0.1, 0.15) is 0 Å². The molecule has 1 fully saturated rings. The quantitative estimate of drug-likeness (QED) is 0.676. The van der Waals surface area contributed by atoms with Crippen LogP contribution < -0.4 is 5.32 Å². The van der Waals surface area contributed by atoms with E-state index in [1.165, 1.54) is 38.8 Å². The average molecular weight is 270 g/mol. The monoisotopic (exact) mass is 270 g/mol. The van der Waals surface area contributed by atoms with Crippen molar-refractivity contribution in [3.63, 3.8) is 0 Å². The van der Waals surface area contributed by atoms with Gasteiger partial charge in [-0.2, -0.15) is 0 Å². The molecule has 2 atom stereocenters. The summed E-state index contributed by atoms with van der Waals surface area (Å²) in [6.07, 6.45) is 6.10. The van der Waals surface area contributed by atoms with Crippen LogP contribution in [-0.4, -0.2) is 47.8 Å². The molecule has 0 heterocycles. The van der Waals surface area contributed by atoms with E-state index in [1.54, 1.807) is 0 Å². The molecular weight excluding hydrogens is 236 g/mol. The minimum absolute atomic E-state index is 0.00359. The van der Waals surface area contributed by atoms with Crippen LogP contribution in [0.5, 0.6) is 0 Å². The molecule has 1 aliphatic carbocycles. The molecule has 0 bridgehead atoms. The molecule has 114 valence electrons. The fourth-order valence-electron chi connectivity index (χ4n) is 3.65. The highest BCUT2D eigenvalue weighted by molar-refractivity contribution is 4.98. The van der Waals surface area contributed by atoms with Crippen molar-refractivity contribution in [1.82, 2.24) is 10.2 Å². The molecule has 19 heavy (non-hydrogen) atoms. The van der Waals surface area contributed by atoms with Crippen LogP contribution in [-0.2, 0) is 0 Å². The minimum Gasteiger partial charge on any atom is -0.394 e. The molecule has 0 amide bonds. The lowest BCUT2D eigenvalue weighted by atomic mass is 9.85. The van der Waals surface area contributed by atoms with E-state index >= 15 is 0 Å². The summed E-state index contributed by atoms with van der Waals surface area (Å²) in [6, 6.07) is 0.629.